The largest absolute Gasteiger partial charge is 0.310 e. The van der Waals surface area contributed by atoms with Crippen molar-refractivity contribution in [2.75, 3.05) is 4.90 Å². The Morgan fingerprint density at radius 1 is 0.250 bits per heavy atom. The van der Waals surface area contributed by atoms with Gasteiger partial charge >= 0.3 is 0 Å². The van der Waals surface area contributed by atoms with Crippen molar-refractivity contribution in [3.05, 3.63) is 297 Å². The summed E-state index contributed by atoms with van der Waals surface area (Å²) in [7, 11) is -2.65. The smallest absolute Gasteiger partial charge is 0.179 e. The third-order valence-electron chi connectivity index (χ3n) is 16.0. The molecule has 0 unspecified atom stereocenters. The number of hydrogen-bond donors (Lipinski definition) is 0. The molecule has 0 aliphatic rings. The molecule has 0 amide bonds. The maximum absolute atomic E-state index is 2.65. The average molecular weight is 984 g/mol. The Hall–Kier alpha value is -9.74. The number of rotatable bonds is 10. The molecule has 0 aliphatic heterocycles. The number of nitrogens with zero attached hydrogens (tertiary/aromatic N) is 3. The molecule has 3 nitrogen and oxygen atoms in total. The number of para-hydroxylation sites is 4. The zero-order valence-corrected chi connectivity index (χ0v) is 42.6. The van der Waals surface area contributed by atoms with Crippen molar-refractivity contribution in [2.45, 2.75) is 0 Å². The van der Waals surface area contributed by atoms with Crippen LogP contribution in [0.5, 0.6) is 0 Å². The second-order valence-electron chi connectivity index (χ2n) is 20.0. The number of anilines is 3. The molecule has 12 aromatic carbocycles. The van der Waals surface area contributed by atoms with E-state index in [1.54, 1.807) is 0 Å². The van der Waals surface area contributed by atoms with Crippen LogP contribution in [0.1, 0.15) is 0 Å². The highest BCUT2D eigenvalue weighted by atomic mass is 28.3. The van der Waals surface area contributed by atoms with Gasteiger partial charge in [0.25, 0.3) is 0 Å². The highest BCUT2D eigenvalue weighted by molar-refractivity contribution is 7.19. The molecule has 0 radical (unpaired) electrons. The Morgan fingerprint density at radius 3 is 1.22 bits per heavy atom. The van der Waals surface area contributed by atoms with Crippen LogP contribution in [0.25, 0.3) is 87.8 Å². The maximum atomic E-state index is 2.45. The first-order chi connectivity index (χ1) is 37.7. The third-order valence-corrected chi connectivity index (χ3v) is 20.8. The van der Waals surface area contributed by atoms with Gasteiger partial charge in [0, 0.05) is 55.1 Å². The number of hydrogen-bond acceptors (Lipinski definition) is 1. The molecule has 0 bridgehead atoms. The zero-order valence-electron chi connectivity index (χ0n) is 41.6. The van der Waals surface area contributed by atoms with Crippen LogP contribution in [0.2, 0.25) is 0 Å². The van der Waals surface area contributed by atoms with E-state index >= 15 is 0 Å². The number of benzene rings is 12. The average Bonchev–Trinajstić information content (AvgIpc) is 4.22. The molecule has 0 saturated heterocycles. The van der Waals surface area contributed by atoms with Gasteiger partial charge in [0.1, 0.15) is 0 Å². The summed E-state index contributed by atoms with van der Waals surface area (Å²) < 4.78 is 4.83. The van der Waals surface area contributed by atoms with Gasteiger partial charge in [0.15, 0.2) is 8.07 Å². The van der Waals surface area contributed by atoms with Gasteiger partial charge in [-0.05, 0) is 122 Å². The molecule has 3 heterocycles. The first-order valence-electron chi connectivity index (χ1n) is 26.2. The van der Waals surface area contributed by atoms with Crippen molar-refractivity contribution in [3.63, 3.8) is 0 Å². The molecule has 15 aromatic rings. The van der Waals surface area contributed by atoms with Crippen LogP contribution in [-0.2, 0) is 0 Å². The van der Waals surface area contributed by atoms with Gasteiger partial charge in [-0.2, -0.15) is 0 Å². The lowest BCUT2D eigenvalue weighted by Gasteiger charge is -2.34. The van der Waals surface area contributed by atoms with Crippen LogP contribution < -0.4 is 25.6 Å². The van der Waals surface area contributed by atoms with Crippen molar-refractivity contribution < 1.29 is 0 Å². The Morgan fingerprint density at radius 2 is 0.632 bits per heavy atom. The van der Waals surface area contributed by atoms with E-state index in [9.17, 15) is 0 Å². The van der Waals surface area contributed by atoms with Crippen LogP contribution in [0, 0.1) is 0 Å². The van der Waals surface area contributed by atoms with E-state index in [0.717, 1.165) is 22.7 Å². The van der Waals surface area contributed by atoms with Gasteiger partial charge in [-0.15, -0.1) is 0 Å². The lowest BCUT2D eigenvalue weighted by Crippen LogP contribution is -2.74. The summed E-state index contributed by atoms with van der Waals surface area (Å²) >= 11 is 0. The van der Waals surface area contributed by atoms with E-state index < -0.39 is 8.07 Å². The Bertz CT molecular complexity index is 4490. The molecular weight excluding hydrogens is 935 g/mol. The lowest BCUT2D eigenvalue weighted by atomic mass is 10.0. The molecule has 15 rings (SSSR count). The molecular formula is C72H49N3Si. The van der Waals surface area contributed by atoms with Gasteiger partial charge in [-0.3, -0.25) is 0 Å². The quantitative estimate of drug-likeness (QED) is 0.0983. The molecule has 0 saturated carbocycles. The SMILES string of the molecule is c1ccc(-n2c3ccccc3c3cc(N(c4ccc(-c5ccc([Si](c6ccccc6)(c6ccccc6)c6ccccc6)cc5)cc4)c4ccc(-c5ccc6c(c5)c5cccc7c8ccccc8n6c75)cc4)ccc32)cc1. The van der Waals surface area contributed by atoms with Gasteiger partial charge < -0.3 is 13.9 Å². The first kappa shape index (κ1) is 43.8. The zero-order chi connectivity index (χ0) is 50.2. The van der Waals surface area contributed by atoms with Gasteiger partial charge in [-0.1, -0.05) is 218 Å². The summed E-state index contributed by atoms with van der Waals surface area (Å²) in [6.07, 6.45) is 0. The van der Waals surface area contributed by atoms with Crippen LogP contribution in [0.15, 0.2) is 297 Å². The van der Waals surface area contributed by atoms with E-state index in [1.807, 2.05) is 0 Å². The molecule has 0 atom stereocenters. The number of aromatic nitrogens is 2. The van der Waals surface area contributed by atoms with Crippen molar-refractivity contribution >= 4 is 106 Å². The predicted octanol–water partition coefficient (Wildman–Crippen LogP) is 16.1. The van der Waals surface area contributed by atoms with E-state index in [4.69, 9.17) is 0 Å². The van der Waals surface area contributed by atoms with Crippen LogP contribution in [-0.4, -0.2) is 17.0 Å². The summed E-state index contributed by atoms with van der Waals surface area (Å²) in [5.74, 6) is 0. The fourth-order valence-electron chi connectivity index (χ4n) is 12.6. The van der Waals surface area contributed by atoms with E-state index in [1.165, 1.54) is 103 Å². The molecule has 0 spiro atoms. The molecule has 4 heteroatoms. The Kier molecular flexibility index (Phi) is 10.2. The fourth-order valence-corrected chi connectivity index (χ4v) is 17.3. The van der Waals surface area contributed by atoms with E-state index in [0.29, 0.717) is 0 Å². The first-order valence-corrected chi connectivity index (χ1v) is 28.2. The minimum absolute atomic E-state index is 1.09. The van der Waals surface area contributed by atoms with Gasteiger partial charge in [0.2, 0.25) is 0 Å². The van der Waals surface area contributed by atoms with E-state index in [-0.39, 0.29) is 0 Å². The van der Waals surface area contributed by atoms with Gasteiger partial charge in [-0.25, -0.2) is 0 Å². The summed E-state index contributed by atoms with van der Waals surface area (Å²) in [4.78, 5) is 2.41. The summed E-state index contributed by atoms with van der Waals surface area (Å²) in [6.45, 7) is 0. The second-order valence-corrected chi connectivity index (χ2v) is 23.8. The number of fused-ring (bicyclic) bond motifs is 9. The topological polar surface area (TPSA) is 12.6 Å². The predicted molar refractivity (Wildman–Crippen MR) is 325 cm³/mol. The molecule has 356 valence electrons. The van der Waals surface area contributed by atoms with Crippen molar-refractivity contribution in [2.24, 2.45) is 0 Å². The summed E-state index contributed by atoms with van der Waals surface area (Å²) in [6, 6.07) is 110. The minimum atomic E-state index is -2.65. The molecule has 0 aliphatic carbocycles. The summed E-state index contributed by atoms with van der Waals surface area (Å²) in [5, 5.41) is 13.1. The monoisotopic (exact) mass is 983 g/mol. The minimum Gasteiger partial charge on any atom is -0.310 e. The second kappa shape index (κ2) is 17.7. The highest BCUT2D eigenvalue weighted by Gasteiger charge is 2.41. The normalized spacial score (nSPS) is 11.9. The van der Waals surface area contributed by atoms with Crippen LogP contribution >= 0.6 is 0 Å². The van der Waals surface area contributed by atoms with Crippen LogP contribution in [0.4, 0.5) is 17.1 Å². The van der Waals surface area contributed by atoms with Crippen molar-refractivity contribution in [3.8, 4) is 27.9 Å². The fraction of sp³-hybridized carbons (Fsp3) is 0. The highest BCUT2D eigenvalue weighted by Crippen LogP contribution is 2.43. The van der Waals surface area contributed by atoms with E-state index in [2.05, 4.69) is 311 Å². The molecule has 76 heavy (non-hydrogen) atoms. The van der Waals surface area contributed by atoms with Crippen molar-refractivity contribution in [1.82, 2.24) is 8.97 Å². The van der Waals surface area contributed by atoms with Crippen molar-refractivity contribution in [1.29, 1.82) is 0 Å². The van der Waals surface area contributed by atoms with Crippen LogP contribution in [0.3, 0.4) is 0 Å². The molecule has 3 aromatic heterocycles. The standard InChI is InChI=1S/C72H49N3Si/c1-5-18-54(19-6-1)74-68-30-15-14-27-63(68)67-49-57(43-47-70(67)74)73(56-41-34-52(35-42-56)53-38-46-71-66(48-53)65-29-17-28-64-62-26-13-16-31-69(62)75(71)72(64)65)55-39-32-50(33-40-55)51-36-44-61(45-37-51)76(58-20-7-2-8-21-58,59-22-9-3-10-23-59)60-24-11-4-12-25-60/h1-49H. The molecule has 0 N–H and O–H groups in total. The van der Waals surface area contributed by atoms with Gasteiger partial charge in [0.05, 0.1) is 27.6 Å². The summed E-state index contributed by atoms with van der Waals surface area (Å²) in [5.41, 5.74) is 15.3. The molecule has 0 fully saturated rings. The Balaban J connectivity index is 0.834. The lowest BCUT2D eigenvalue weighted by molar-refractivity contribution is 1.18. The third kappa shape index (κ3) is 6.81. The maximum Gasteiger partial charge on any atom is 0.179 e. The Labute approximate surface area is 442 Å².